The largest absolute Gasteiger partial charge is 0.482 e. The molecule has 10 nitrogen and oxygen atoms in total. The number of hydrogen-bond acceptors (Lipinski definition) is 7. The lowest BCUT2D eigenvalue weighted by atomic mass is 10.1. The molecule has 1 heterocycles. The van der Waals surface area contributed by atoms with Crippen LogP contribution in [0.4, 0.5) is 15.9 Å². The molecule has 1 aromatic heterocycles. The molecule has 38 heavy (non-hydrogen) atoms. The standard InChI is InChI=1S/C26H25ClFN5O5/c1-4-37-23(34)14-38-17-7-9-21(19(12-17)26(36)32-22-10-6-16(27)13-30-22)31-25(35)18-8-5-15(11-20(18)28)24(29)33(2)3/h5-13,29H,4,14H2,1-3H3,(H,31,35)(H,30,32,36). The van der Waals surface area contributed by atoms with Crippen molar-refractivity contribution < 1.29 is 28.2 Å². The monoisotopic (exact) mass is 541 g/mol. The third kappa shape index (κ3) is 7.26. The van der Waals surface area contributed by atoms with Crippen LogP contribution in [0.1, 0.15) is 33.2 Å². The van der Waals surface area contributed by atoms with Gasteiger partial charge in [0.1, 0.15) is 23.2 Å². The topological polar surface area (TPSA) is 134 Å². The molecule has 0 aliphatic carbocycles. The molecule has 3 rings (SSSR count). The molecule has 12 heteroatoms. The van der Waals surface area contributed by atoms with E-state index in [0.717, 1.165) is 6.07 Å². The highest BCUT2D eigenvalue weighted by molar-refractivity contribution is 6.30. The van der Waals surface area contributed by atoms with Crippen molar-refractivity contribution in [2.45, 2.75) is 6.92 Å². The van der Waals surface area contributed by atoms with E-state index >= 15 is 0 Å². The zero-order valence-corrected chi connectivity index (χ0v) is 21.6. The molecule has 0 saturated heterocycles. The summed E-state index contributed by atoms with van der Waals surface area (Å²) in [5.41, 5.74) is 0.0219. The quantitative estimate of drug-likeness (QED) is 0.210. The number of ether oxygens (including phenoxy) is 2. The Morgan fingerprint density at radius 1 is 1.03 bits per heavy atom. The first-order valence-electron chi connectivity index (χ1n) is 11.3. The Hall–Kier alpha value is -4.51. The highest BCUT2D eigenvalue weighted by atomic mass is 35.5. The molecule has 0 bridgehead atoms. The van der Waals surface area contributed by atoms with E-state index in [1.165, 1.54) is 53.6 Å². The normalized spacial score (nSPS) is 10.3. The van der Waals surface area contributed by atoms with E-state index in [-0.39, 0.29) is 40.8 Å². The SMILES string of the molecule is CCOC(=O)COc1ccc(NC(=O)c2ccc(C(=N)N(C)C)cc2F)c(C(=O)Nc2ccc(Cl)cn2)c1. The Balaban J connectivity index is 1.88. The summed E-state index contributed by atoms with van der Waals surface area (Å²) in [6.07, 6.45) is 1.35. The van der Waals surface area contributed by atoms with Crippen molar-refractivity contribution in [3.63, 3.8) is 0 Å². The van der Waals surface area contributed by atoms with Crippen LogP contribution >= 0.6 is 11.6 Å². The van der Waals surface area contributed by atoms with Crippen molar-refractivity contribution in [1.29, 1.82) is 5.41 Å². The molecule has 0 radical (unpaired) electrons. The van der Waals surface area contributed by atoms with Gasteiger partial charge in [-0.05, 0) is 49.4 Å². The lowest BCUT2D eigenvalue weighted by molar-refractivity contribution is -0.145. The zero-order valence-electron chi connectivity index (χ0n) is 20.8. The van der Waals surface area contributed by atoms with Crippen LogP contribution in [0.25, 0.3) is 0 Å². The highest BCUT2D eigenvalue weighted by Gasteiger charge is 2.20. The third-order valence-electron chi connectivity index (χ3n) is 5.05. The number of nitrogens with zero attached hydrogens (tertiary/aromatic N) is 2. The minimum Gasteiger partial charge on any atom is -0.482 e. The zero-order chi connectivity index (χ0) is 27.8. The number of aromatic nitrogens is 1. The molecule has 0 unspecified atom stereocenters. The summed E-state index contributed by atoms with van der Waals surface area (Å²) in [6.45, 7) is 1.45. The molecule has 2 amide bonds. The van der Waals surface area contributed by atoms with Gasteiger partial charge in [0.25, 0.3) is 11.8 Å². The fourth-order valence-corrected chi connectivity index (χ4v) is 3.29. The molecule has 0 atom stereocenters. The lowest BCUT2D eigenvalue weighted by Gasteiger charge is -2.15. The van der Waals surface area contributed by atoms with Crippen LogP contribution in [0, 0.1) is 11.2 Å². The Bertz CT molecular complexity index is 1360. The maximum absolute atomic E-state index is 14.8. The summed E-state index contributed by atoms with van der Waals surface area (Å²) in [7, 11) is 3.29. The Kier molecular flexibility index (Phi) is 9.33. The number of amides is 2. The molecular weight excluding hydrogens is 517 g/mol. The summed E-state index contributed by atoms with van der Waals surface area (Å²) in [5, 5.41) is 13.5. The van der Waals surface area contributed by atoms with Crippen LogP contribution in [-0.2, 0) is 9.53 Å². The van der Waals surface area contributed by atoms with Crippen molar-refractivity contribution in [1.82, 2.24) is 9.88 Å². The molecule has 0 saturated carbocycles. The predicted octanol–water partition coefficient (Wildman–Crippen LogP) is 4.21. The van der Waals surface area contributed by atoms with Crippen molar-refractivity contribution in [2.75, 3.05) is 37.9 Å². The summed E-state index contributed by atoms with van der Waals surface area (Å²) >= 11 is 5.84. The molecule has 2 aromatic carbocycles. The molecule has 0 aliphatic heterocycles. The number of benzene rings is 2. The average molecular weight is 542 g/mol. The lowest BCUT2D eigenvalue weighted by Crippen LogP contribution is -2.23. The second-order valence-electron chi connectivity index (χ2n) is 8.01. The van der Waals surface area contributed by atoms with E-state index < -0.39 is 30.2 Å². The number of halogens is 2. The van der Waals surface area contributed by atoms with Crippen LogP contribution in [0.5, 0.6) is 5.75 Å². The molecule has 3 N–H and O–H groups in total. The molecule has 0 aliphatic rings. The predicted molar refractivity (Wildman–Crippen MR) is 141 cm³/mol. The minimum absolute atomic E-state index is 0.0390. The maximum atomic E-state index is 14.8. The Morgan fingerprint density at radius 3 is 2.39 bits per heavy atom. The first kappa shape index (κ1) is 28.1. The van der Waals surface area contributed by atoms with E-state index in [2.05, 4.69) is 15.6 Å². The summed E-state index contributed by atoms with van der Waals surface area (Å²) in [4.78, 5) is 43.2. The first-order valence-corrected chi connectivity index (χ1v) is 11.7. The van der Waals surface area contributed by atoms with Gasteiger partial charge in [-0.15, -0.1) is 0 Å². The van der Waals surface area contributed by atoms with Gasteiger partial charge in [0, 0.05) is 25.9 Å². The van der Waals surface area contributed by atoms with Gasteiger partial charge in [-0.1, -0.05) is 17.7 Å². The van der Waals surface area contributed by atoms with Gasteiger partial charge >= 0.3 is 5.97 Å². The number of esters is 1. The molecule has 0 fully saturated rings. The van der Waals surface area contributed by atoms with Crippen LogP contribution < -0.4 is 15.4 Å². The van der Waals surface area contributed by atoms with E-state index in [4.69, 9.17) is 26.5 Å². The van der Waals surface area contributed by atoms with Gasteiger partial charge in [0.15, 0.2) is 6.61 Å². The Morgan fingerprint density at radius 2 is 1.76 bits per heavy atom. The van der Waals surface area contributed by atoms with E-state index in [0.29, 0.717) is 10.6 Å². The van der Waals surface area contributed by atoms with Crippen LogP contribution in [-0.4, -0.2) is 60.8 Å². The number of carbonyl (C=O) groups excluding carboxylic acids is 3. The fourth-order valence-electron chi connectivity index (χ4n) is 3.18. The van der Waals surface area contributed by atoms with Crippen LogP contribution in [0.2, 0.25) is 5.02 Å². The van der Waals surface area contributed by atoms with Gasteiger partial charge < -0.3 is 25.0 Å². The van der Waals surface area contributed by atoms with E-state index in [1.54, 1.807) is 21.0 Å². The number of nitrogens with one attached hydrogen (secondary N) is 3. The van der Waals surface area contributed by atoms with Crippen LogP contribution in [0.15, 0.2) is 54.7 Å². The van der Waals surface area contributed by atoms with Crippen molar-refractivity contribution >= 4 is 46.7 Å². The van der Waals surface area contributed by atoms with Gasteiger partial charge in [0.2, 0.25) is 0 Å². The first-order chi connectivity index (χ1) is 18.1. The summed E-state index contributed by atoms with van der Waals surface area (Å²) < 4.78 is 25.0. The number of amidine groups is 1. The van der Waals surface area contributed by atoms with Gasteiger partial charge in [-0.3, -0.25) is 15.0 Å². The second-order valence-corrected chi connectivity index (χ2v) is 8.45. The molecular formula is C26H25ClFN5O5. The van der Waals surface area contributed by atoms with E-state index in [1.807, 2.05) is 0 Å². The van der Waals surface area contributed by atoms with E-state index in [9.17, 15) is 18.8 Å². The smallest absolute Gasteiger partial charge is 0.344 e. The van der Waals surface area contributed by atoms with Crippen molar-refractivity contribution in [2.24, 2.45) is 0 Å². The summed E-state index contributed by atoms with van der Waals surface area (Å²) in [5.74, 6) is -2.48. The molecule has 3 aromatic rings. The number of rotatable bonds is 9. The van der Waals surface area contributed by atoms with Crippen molar-refractivity contribution in [3.8, 4) is 5.75 Å². The molecule has 198 valence electrons. The number of hydrogen-bond donors (Lipinski definition) is 3. The number of anilines is 2. The maximum Gasteiger partial charge on any atom is 0.344 e. The fraction of sp³-hybridized carbons (Fsp3) is 0.192. The van der Waals surface area contributed by atoms with Gasteiger partial charge in [-0.25, -0.2) is 14.2 Å². The van der Waals surface area contributed by atoms with Crippen molar-refractivity contribution in [3.05, 3.63) is 82.3 Å². The molecule has 0 spiro atoms. The number of carbonyl (C=O) groups is 3. The Labute approximate surface area is 223 Å². The van der Waals surface area contributed by atoms with Crippen LogP contribution in [0.3, 0.4) is 0 Å². The minimum atomic E-state index is -0.836. The highest BCUT2D eigenvalue weighted by Crippen LogP contribution is 2.25. The average Bonchev–Trinajstić information content (AvgIpc) is 2.88. The van der Waals surface area contributed by atoms with Gasteiger partial charge in [-0.2, -0.15) is 0 Å². The second kappa shape index (κ2) is 12.6. The number of pyridine rings is 1. The third-order valence-corrected chi connectivity index (χ3v) is 5.27. The van der Waals surface area contributed by atoms with Gasteiger partial charge in [0.05, 0.1) is 28.4 Å². The summed E-state index contributed by atoms with van der Waals surface area (Å²) in [6, 6.07) is 11.0.